The molecule has 1 aliphatic rings. The van der Waals surface area contributed by atoms with Crippen LogP contribution in [0.5, 0.6) is 0 Å². The lowest BCUT2D eigenvalue weighted by Gasteiger charge is -2.30. The number of nitrogens with one attached hydrogen (secondary N) is 1. The lowest BCUT2D eigenvalue weighted by molar-refractivity contribution is 0.0708. The van der Waals surface area contributed by atoms with E-state index in [-0.39, 0.29) is 17.4 Å². The van der Waals surface area contributed by atoms with Crippen molar-refractivity contribution in [1.82, 2.24) is 14.9 Å². The number of benzene rings is 2. The third-order valence-corrected chi connectivity index (χ3v) is 5.42. The first-order valence-corrected chi connectivity index (χ1v) is 9.46. The van der Waals surface area contributed by atoms with Crippen molar-refractivity contribution in [3.8, 4) is 0 Å². The van der Waals surface area contributed by atoms with Crippen LogP contribution >= 0.6 is 0 Å². The molecule has 4 aromatic rings. The monoisotopic (exact) mass is 373 g/mol. The zero-order valence-electron chi connectivity index (χ0n) is 15.2. The number of para-hydroxylation sites is 3. The molecule has 0 saturated carbocycles. The predicted molar refractivity (Wildman–Crippen MR) is 106 cm³/mol. The van der Waals surface area contributed by atoms with Crippen molar-refractivity contribution in [2.24, 2.45) is 0 Å². The van der Waals surface area contributed by atoms with E-state index in [2.05, 4.69) is 9.97 Å². The molecule has 28 heavy (non-hydrogen) atoms. The number of rotatable bonds is 2. The van der Waals surface area contributed by atoms with E-state index in [0.29, 0.717) is 24.2 Å². The highest BCUT2D eigenvalue weighted by Crippen LogP contribution is 2.30. The van der Waals surface area contributed by atoms with E-state index in [9.17, 15) is 9.59 Å². The van der Waals surface area contributed by atoms with E-state index in [1.54, 1.807) is 0 Å². The Morgan fingerprint density at radius 3 is 2.64 bits per heavy atom. The van der Waals surface area contributed by atoms with Crippen LogP contribution in [0.2, 0.25) is 0 Å². The van der Waals surface area contributed by atoms with Crippen LogP contribution in [0.1, 0.15) is 35.0 Å². The molecule has 0 atom stereocenters. The molecule has 1 saturated heterocycles. The van der Waals surface area contributed by atoms with Gasteiger partial charge in [0.25, 0.3) is 5.91 Å². The number of hydrogen-bond acceptors (Lipinski definition) is 4. The van der Waals surface area contributed by atoms with E-state index in [0.717, 1.165) is 35.2 Å². The van der Waals surface area contributed by atoms with Gasteiger partial charge in [0, 0.05) is 36.0 Å². The zero-order valence-corrected chi connectivity index (χ0v) is 15.2. The molecular weight excluding hydrogens is 354 g/mol. The number of amides is 1. The van der Waals surface area contributed by atoms with Gasteiger partial charge in [-0.25, -0.2) is 4.98 Å². The highest BCUT2D eigenvalue weighted by Gasteiger charge is 2.28. The van der Waals surface area contributed by atoms with Crippen LogP contribution in [0, 0.1) is 0 Å². The summed E-state index contributed by atoms with van der Waals surface area (Å²) in [5.74, 6) is 0.848. The van der Waals surface area contributed by atoms with Crippen LogP contribution < -0.4 is 5.56 Å². The molecule has 6 nitrogen and oxygen atoms in total. The molecule has 0 spiro atoms. The summed E-state index contributed by atoms with van der Waals surface area (Å²) < 4.78 is 5.90. The fourth-order valence-electron chi connectivity index (χ4n) is 3.95. The van der Waals surface area contributed by atoms with Gasteiger partial charge in [0.05, 0.1) is 5.56 Å². The second-order valence-electron chi connectivity index (χ2n) is 7.18. The minimum Gasteiger partial charge on any atom is -0.440 e. The highest BCUT2D eigenvalue weighted by atomic mass is 16.3. The summed E-state index contributed by atoms with van der Waals surface area (Å²) in [5.41, 5.74) is 2.54. The van der Waals surface area contributed by atoms with Crippen LogP contribution in [0.25, 0.3) is 22.0 Å². The maximum Gasteiger partial charge on any atom is 0.254 e. The number of nitrogens with zero attached hydrogens (tertiary/aromatic N) is 2. The predicted octanol–water partition coefficient (Wildman–Crippen LogP) is 3.69. The van der Waals surface area contributed by atoms with Crippen LogP contribution in [-0.2, 0) is 0 Å². The first-order valence-electron chi connectivity index (χ1n) is 9.46. The molecule has 1 fully saturated rings. The third kappa shape index (κ3) is 2.87. The fourth-order valence-corrected chi connectivity index (χ4v) is 3.95. The maximum atomic E-state index is 13.1. The molecule has 0 unspecified atom stereocenters. The van der Waals surface area contributed by atoms with Crippen LogP contribution in [0.15, 0.2) is 63.8 Å². The van der Waals surface area contributed by atoms with Crippen molar-refractivity contribution in [2.75, 3.05) is 13.1 Å². The molecule has 140 valence electrons. The van der Waals surface area contributed by atoms with Crippen molar-refractivity contribution in [3.05, 3.63) is 76.4 Å². The number of likely N-dealkylation sites (tertiary alicyclic amines) is 1. The molecular formula is C22H19N3O3. The average Bonchev–Trinajstić information content (AvgIpc) is 3.17. The lowest BCUT2D eigenvalue weighted by atomic mass is 9.96. The maximum absolute atomic E-state index is 13.1. The first-order chi connectivity index (χ1) is 13.7. The quantitative estimate of drug-likeness (QED) is 0.581. The van der Waals surface area contributed by atoms with Gasteiger partial charge in [0.1, 0.15) is 5.52 Å². The number of fused-ring (bicyclic) bond motifs is 2. The van der Waals surface area contributed by atoms with Gasteiger partial charge in [0.15, 0.2) is 11.5 Å². The second kappa shape index (κ2) is 6.64. The number of H-pyrrole nitrogens is 1. The van der Waals surface area contributed by atoms with Gasteiger partial charge in [-0.15, -0.1) is 0 Å². The Morgan fingerprint density at radius 2 is 1.82 bits per heavy atom. The number of oxazole rings is 1. The topological polar surface area (TPSA) is 79.2 Å². The minimum atomic E-state index is -0.261. The summed E-state index contributed by atoms with van der Waals surface area (Å²) in [6, 6.07) is 16.5. The number of hydrogen-bond donors (Lipinski definition) is 1. The van der Waals surface area contributed by atoms with Crippen LogP contribution in [0.4, 0.5) is 0 Å². The fraction of sp³-hybridized carbons (Fsp3) is 0.227. The molecule has 0 aliphatic carbocycles. The van der Waals surface area contributed by atoms with Crippen molar-refractivity contribution in [1.29, 1.82) is 0 Å². The lowest BCUT2D eigenvalue weighted by Crippen LogP contribution is -2.38. The van der Waals surface area contributed by atoms with E-state index in [1.807, 2.05) is 53.4 Å². The van der Waals surface area contributed by atoms with Gasteiger partial charge >= 0.3 is 0 Å². The van der Waals surface area contributed by atoms with Gasteiger partial charge in [-0.1, -0.05) is 30.3 Å². The summed E-state index contributed by atoms with van der Waals surface area (Å²) in [6.45, 7) is 1.23. The standard InChI is InChI=1S/C22H19N3O3/c26-20-13-16(15-5-1-2-6-17(15)23-20)22(27)25-11-9-14(10-12-25)21-24-18-7-3-4-8-19(18)28-21/h1-8,13-14H,9-12H2,(H,23,26). The van der Waals surface area contributed by atoms with E-state index in [1.165, 1.54) is 6.07 Å². The van der Waals surface area contributed by atoms with Crippen molar-refractivity contribution < 1.29 is 9.21 Å². The number of piperidine rings is 1. The summed E-state index contributed by atoms with van der Waals surface area (Å²) in [5, 5.41) is 0.771. The van der Waals surface area contributed by atoms with Crippen LogP contribution in [-0.4, -0.2) is 33.9 Å². The normalized spacial score (nSPS) is 15.4. The molecule has 0 radical (unpaired) electrons. The Bertz CT molecular complexity index is 1200. The zero-order chi connectivity index (χ0) is 19.1. The number of pyridine rings is 1. The number of aromatic amines is 1. The van der Waals surface area contributed by atoms with Gasteiger partial charge in [0.2, 0.25) is 5.56 Å². The molecule has 6 heteroatoms. The molecule has 1 amide bonds. The average molecular weight is 373 g/mol. The summed E-state index contributed by atoms with van der Waals surface area (Å²) in [6.07, 6.45) is 1.58. The molecule has 2 aromatic carbocycles. The molecule has 1 N–H and O–H groups in total. The molecule has 1 aliphatic heterocycles. The number of aromatic nitrogens is 2. The second-order valence-corrected chi connectivity index (χ2v) is 7.18. The smallest absolute Gasteiger partial charge is 0.254 e. The minimum absolute atomic E-state index is 0.0988. The van der Waals surface area contributed by atoms with Crippen LogP contribution in [0.3, 0.4) is 0 Å². The number of carbonyl (C=O) groups excluding carboxylic acids is 1. The SMILES string of the molecule is O=C(c1cc(=O)[nH]c2ccccc12)N1CCC(c2nc3ccccc3o2)CC1. The Morgan fingerprint density at radius 1 is 1.07 bits per heavy atom. The number of carbonyl (C=O) groups is 1. The summed E-state index contributed by atoms with van der Waals surface area (Å²) >= 11 is 0. The Labute approximate surface area is 160 Å². The van der Waals surface area contributed by atoms with Crippen molar-refractivity contribution in [3.63, 3.8) is 0 Å². The van der Waals surface area contributed by atoms with Crippen molar-refractivity contribution in [2.45, 2.75) is 18.8 Å². The molecule has 3 heterocycles. The van der Waals surface area contributed by atoms with E-state index in [4.69, 9.17) is 4.42 Å². The molecule has 0 bridgehead atoms. The third-order valence-electron chi connectivity index (χ3n) is 5.42. The van der Waals surface area contributed by atoms with Gasteiger partial charge in [-0.05, 0) is 31.0 Å². The van der Waals surface area contributed by atoms with E-state index >= 15 is 0 Å². The van der Waals surface area contributed by atoms with Gasteiger partial charge in [-0.2, -0.15) is 0 Å². The van der Waals surface area contributed by atoms with Gasteiger partial charge in [-0.3, -0.25) is 9.59 Å². The Kier molecular flexibility index (Phi) is 3.97. The molecule has 5 rings (SSSR count). The summed E-state index contributed by atoms with van der Waals surface area (Å²) in [7, 11) is 0. The van der Waals surface area contributed by atoms with E-state index < -0.39 is 0 Å². The van der Waals surface area contributed by atoms with Crippen molar-refractivity contribution >= 4 is 27.9 Å². The first kappa shape index (κ1) is 16.7. The Balaban J connectivity index is 1.37. The highest BCUT2D eigenvalue weighted by molar-refractivity contribution is 6.05. The molecule has 2 aromatic heterocycles. The van der Waals surface area contributed by atoms with Gasteiger partial charge < -0.3 is 14.3 Å². The Hall–Kier alpha value is -3.41. The summed E-state index contributed by atoms with van der Waals surface area (Å²) in [4.78, 5) is 34.3. The largest absolute Gasteiger partial charge is 0.440 e.